The molecule has 8 nitrogen and oxygen atoms in total. The molecule has 0 bridgehead atoms. The van der Waals surface area contributed by atoms with Gasteiger partial charge in [0.05, 0.1) is 0 Å². The van der Waals surface area contributed by atoms with E-state index in [-0.39, 0.29) is 17.9 Å². The lowest BCUT2D eigenvalue weighted by atomic mass is 9.92. The van der Waals surface area contributed by atoms with Crippen LogP contribution >= 0.6 is 0 Å². The zero-order valence-electron chi connectivity index (χ0n) is 19.4. The van der Waals surface area contributed by atoms with Crippen molar-refractivity contribution in [3.63, 3.8) is 0 Å². The van der Waals surface area contributed by atoms with Gasteiger partial charge in [-0.05, 0) is 48.8 Å². The van der Waals surface area contributed by atoms with Crippen LogP contribution in [0.4, 0.5) is 0 Å². The monoisotopic (exact) mass is 450 g/mol. The average molecular weight is 451 g/mol. The van der Waals surface area contributed by atoms with Gasteiger partial charge in [-0.2, -0.15) is 0 Å². The number of amides is 2. The second kappa shape index (κ2) is 10.9. The summed E-state index contributed by atoms with van der Waals surface area (Å²) in [7, 11) is 0. The molecular formula is C25H34N6O2. The molecule has 2 aliphatic heterocycles. The molecule has 1 fully saturated rings. The topological polar surface area (TPSA) is 104 Å². The predicted octanol–water partition coefficient (Wildman–Crippen LogP) is 1.39. The Hall–Kier alpha value is -2.84. The highest BCUT2D eigenvalue weighted by atomic mass is 16.2. The van der Waals surface area contributed by atoms with Gasteiger partial charge in [-0.25, -0.2) is 9.97 Å². The lowest BCUT2D eigenvalue weighted by molar-refractivity contribution is -0.130. The number of carbonyl (C=O) groups is 2. The SMILES string of the molecule is CC(=O)N1CCC(Cc2cc(C(=O)NCC(N)CN3CCc4ccccc4C3)ncn2)CC1. The third-order valence-electron chi connectivity index (χ3n) is 6.74. The average Bonchev–Trinajstić information content (AvgIpc) is 2.83. The van der Waals surface area contributed by atoms with Crippen LogP contribution in [0.3, 0.4) is 0 Å². The molecule has 1 atom stereocenters. The van der Waals surface area contributed by atoms with Gasteiger partial charge in [0.1, 0.15) is 12.0 Å². The van der Waals surface area contributed by atoms with Crippen molar-refractivity contribution in [2.24, 2.45) is 11.7 Å². The number of benzene rings is 1. The predicted molar refractivity (Wildman–Crippen MR) is 126 cm³/mol. The van der Waals surface area contributed by atoms with Crippen molar-refractivity contribution in [3.8, 4) is 0 Å². The standard InChI is InChI=1S/C25H34N6O2/c1-18(32)31-10-6-19(7-11-31)12-23-13-24(29-17-28-23)25(33)27-14-22(26)16-30-9-8-20-4-2-3-5-21(20)15-30/h2-5,13,17,19,22H,6-12,14-16,26H2,1H3,(H,27,33). The Balaban J connectivity index is 1.23. The fourth-order valence-electron chi connectivity index (χ4n) is 4.80. The molecule has 0 saturated carbocycles. The van der Waals surface area contributed by atoms with Crippen LogP contribution in [0, 0.1) is 5.92 Å². The van der Waals surface area contributed by atoms with Crippen LogP contribution in [-0.4, -0.2) is 70.3 Å². The quantitative estimate of drug-likeness (QED) is 0.661. The Morgan fingerprint density at radius 1 is 1.15 bits per heavy atom. The molecule has 4 rings (SSSR count). The Kier molecular flexibility index (Phi) is 7.67. The minimum atomic E-state index is -0.218. The number of fused-ring (bicyclic) bond motifs is 1. The van der Waals surface area contributed by atoms with Crippen molar-refractivity contribution >= 4 is 11.8 Å². The van der Waals surface area contributed by atoms with E-state index in [0.717, 1.165) is 64.1 Å². The molecule has 176 valence electrons. The van der Waals surface area contributed by atoms with E-state index in [0.29, 0.717) is 18.2 Å². The zero-order chi connectivity index (χ0) is 23.2. The minimum Gasteiger partial charge on any atom is -0.349 e. The van der Waals surface area contributed by atoms with Crippen LogP contribution in [0.1, 0.15) is 47.1 Å². The van der Waals surface area contributed by atoms with Gasteiger partial charge in [-0.3, -0.25) is 14.5 Å². The maximum atomic E-state index is 12.7. The summed E-state index contributed by atoms with van der Waals surface area (Å²) in [5, 5.41) is 2.93. The first-order valence-electron chi connectivity index (χ1n) is 11.9. The van der Waals surface area contributed by atoms with Crippen LogP contribution in [0.25, 0.3) is 0 Å². The van der Waals surface area contributed by atoms with Gasteiger partial charge in [0.2, 0.25) is 5.91 Å². The first-order valence-corrected chi connectivity index (χ1v) is 11.9. The van der Waals surface area contributed by atoms with Gasteiger partial charge >= 0.3 is 0 Å². The van der Waals surface area contributed by atoms with Crippen molar-refractivity contribution in [1.82, 2.24) is 25.1 Å². The van der Waals surface area contributed by atoms with Crippen LogP contribution in [0.5, 0.6) is 0 Å². The summed E-state index contributed by atoms with van der Waals surface area (Å²) in [5.41, 5.74) is 10.3. The second-order valence-corrected chi connectivity index (χ2v) is 9.27. The number of hydrogen-bond acceptors (Lipinski definition) is 6. The van der Waals surface area contributed by atoms with Gasteiger partial charge in [-0.1, -0.05) is 24.3 Å². The molecule has 0 aliphatic carbocycles. The molecule has 1 aromatic heterocycles. The van der Waals surface area contributed by atoms with Crippen molar-refractivity contribution in [1.29, 1.82) is 0 Å². The number of likely N-dealkylation sites (tertiary alicyclic amines) is 1. The second-order valence-electron chi connectivity index (χ2n) is 9.27. The zero-order valence-corrected chi connectivity index (χ0v) is 19.4. The molecule has 0 radical (unpaired) electrons. The third-order valence-corrected chi connectivity index (χ3v) is 6.74. The Morgan fingerprint density at radius 2 is 1.91 bits per heavy atom. The Morgan fingerprint density at radius 3 is 2.67 bits per heavy atom. The number of nitrogens with zero attached hydrogens (tertiary/aromatic N) is 4. The van der Waals surface area contributed by atoms with Gasteiger partial charge in [0.15, 0.2) is 0 Å². The smallest absolute Gasteiger partial charge is 0.270 e. The first-order chi connectivity index (χ1) is 16.0. The highest BCUT2D eigenvalue weighted by molar-refractivity contribution is 5.92. The molecule has 1 saturated heterocycles. The molecular weight excluding hydrogens is 416 g/mol. The number of carbonyl (C=O) groups excluding carboxylic acids is 2. The largest absolute Gasteiger partial charge is 0.349 e. The molecule has 3 heterocycles. The van der Waals surface area contributed by atoms with Crippen LogP contribution in [0.15, 0.2) is 36.7 Å². The van der Waals surface area contributed by atoms with Crippen molar-refractivity contribution < 1.29 is 9.59 Å². The van der Waals surface area contributed by atoms with E-state index in [1.807, 2.05) is 4.90 Å². The van der Waals surface area contributed by atoms with Gasteiger partial charge in [0, 0.05) is 57.9 Å². The van der Waals surface area contributed by atoms with E-state index in [1.165, 1.54) is 17.5 Å². The number of nitrogens with one attached hydrogen (secondary N) is 1. The summed E-state index contributed by atoms with van der Waals surface area (Å²) < 4.78 is 0. The van der Waals surface area contributed by atoms with Crippen LogP contribution < -0.4 is 11.1 Å². The van der Waals surface area contributed by atoms with Crippen LogP contribution in [0.2, 0.25) is 0 Å². The molecule has 2 amide bonds. The lowest BCUT2D eigenvalue weighted by Gasteiger charge is -2.31. The van der Waals surface area contributed by atoms with E-state index in [9.17, 15) is 9.59 Å². The van der Waals surface area contributed by atoms with E-state index < -0.39 is 0 Å². The fourth-order valence-corrected chi connectivity index (χ4v) is 4.80. The van der Waals surface area contributed by atoms with Gasteiger partial charge in [-0.15, -0.1) is 0 Å². The number of hydrogen-bond donors (Lipinski definition) is 2. The molecule has 33 heavy (non-hydrogen) atoms. The summed E-state index contributed by atoms with van der Waals surface area (Å²) in [5.74, 6) is 0.386. The summed E-state index contributed by atoms with van der Waals surface area (Å²) >= 11 is 0. The van der Waals surface area contributed by atoms with Gasteiger partial charge < -0.3 is 16.0 Å². The normalized spacial score (nSPS) is 17.9. The number of piperidine rings is 1. The fraction of sp³-hybridized carbons (Fsp3) is 0.520. The lowest BCUT2D eigenvalue weighted by Crippen LogP contribution is -2.46. The number of nitrogens with two attached hydrogens (primary N) is 1. The molecule has 3 N–H and O–H groups in total. The van der Waals surface area contributed by atoms with E-state index in [1.54, 1.807) is 13.0 Å². The highest BCUT2D eigenvalue weighted by Crippen LogP contribution is 2.21. The van der Waals surface area contributed by atoms with Crippen molar-refractivity contribution in [2.75, 3.05) is 32.7 Å². The Bertz CT molecular complexity index is 973. The summed E-state index contributed by atoms with van der Waals surface area (Å²) in [6.07, 6.45) is 5.21. The maximum absolute atomic E-state index is 12.7. The third kappa shape index (κ3) is 6.36. The summed E-state index contributed by atoms with van der Waals surface area (Å²) in [6.45, 7) is 6.23. The molecule has 8 heteroatoms. The number of rotatable bonds is 7. The summed E-state index contributed by atoms with van der Waals surface area (Å²) in [4.78, 5) is 36.9. The van der Waals surface area contributed by atoms with E-state index in [4.69, 9.17) is 5.73 Å². The van der Waals surface area contributed by atoms with Crippen LogP contribution in [-0.2, 0) is 24.2 Å². The van der Waals surface area contributed by atoms with E-state index >= 15 is 0 Å². The molecule has 1 aromatic carbocycles. The van der Waals surface area contributed by atoms with Crippen molar-refractivity contribution in [2.45, 2.75) is 45.2 Å². The van der Waals surface area contributed by atoms with Crippen molar-refractivity contribution in [3.05, 3.63) is 59.2 Å². The summed E-state index contributed by atoms with van der Waals surface area (Å²) in [6, 6.07) is 10.2. The minimum absolute atomic E-state index is 0.137. The molecule has 2 aromatic rings. The molecule has 0 spiro atoms. The Labute approximate surface area is 195 Å². The highest BCUT2D eigenvalue weighted by Gasteiger charge is 2.22. The number of aromatic nitrogens is 2. The molecule has 1 unspecified atom stereocenters. The van der Waals surface area contributed by atoms with E-state index in [2.05, 4.69) is 44.5 Å². The maximum Gasteiger partial charge on any atom is 0.270 e. The van der Waals surface area contributed by atoms with Gasteiger partial charge in [0.25, 0.3) is 5.91 Å². The molecule has 2 aliphatic rings. The first kappa shape index (κ1) is 23.3.